The second-order valence-corrected chi connectivity index (χ2v) is 7.67. The van der Waals surface area contributed by atoms with E-state index in [0.29, 0.717) is 25.6 Å². The van der Waals surface area contributed by atoms with Crippen LogP contribution in [-0.2, 0) is 11.8 Å². The highest BCUT2D eigenvalue weighted by atomic mass is 35.5. The first-order valence-corrected chi connectivity index (χ1v) is 9.21. The van der Waals surface area contributed by atoms with E-state index in [9.17, 15) is 4.79 Å². The highest BCUT2D eigenvalue weighted by Gasteiger charge is 2.10. The highest BCUT2D eigenvalue weighted by molar-refractivity contribution is 7.16. The zero-order chi connectivity index (χ0) is 18.1. The molecule has 0 aliphatic rings. The molecule has 4 nitrogen and oxygen atoms in total. The monoisotopic (exact) mass is 414 g/mol. The van der Waals surface area contributed by atoms with Gasteiger partial charge in [0.05, 0.1) is 15.2 Å². The number of hydrogen-bond acceptors (Lipinski definition) is 3. The molecule has 0 spiro atoms. The van der Waals surface area contributed by atoms with Crippen LogP contribution in [0.1, 0.15) is 5.56 Å². The van der Waals surface area contributed by atoms with Crippen LogP contribution >= 0.6 is 46.1 Å². The molecule has 0 radical (unpaired) electrons. The summed E-state index contributed by atoms with van der Waals surface area (Å²) in [7, 11) is 1.86. The van der Waals surface area contributed by atoms with Crippen molar-refractivity contribution in [1.82, 2.24) is 4.57 Å². The van der Waals surface area contributed by atoms with Gasteiger partial charge in [-0.05, 0) is 42.8 Å². The van der Waals surface area contributed by atoms with Crippen molar-refractivity contribution in [3.63, 3.8) is 0 Å². The fraction of sp³-hybridized carbons (Fsp3) is 0.176. The molecule has 1 amide bonds. The molecular formula is C17H13Cl3N2O2S. The third-order valence-corrected chi connectivity index (χ3v) is 5.35. The average Bonchev–Trinajstić information content (AvgIpc) is 2.82. The number of amides is 1. The summed E-state index contributed by atoms with van der Waals surface area (Å²) in [5.74, 6) is -0.0186. The number of hydrogen-bond donors (Lipinski definition) is 0. The Morgan fingerprint density at radius 2 is 1.96 bits per heavy atom. The Kier molecular flexibility index (Phi) is 5.39. The zero-order valence-electron chi connectivity index (χ0n) is 13.3. The molecule has 0 aliphatic heterocycles. The molecule has 0 saturated heterocycles. The molecule has 3 rings (SSSR count). The number of nitrogens with zero attached hydrogens (tertiary/aromatic N) is 2. The molecule has 0 fully saturated rings. The van der Waals surface area contributed by atoms with Crippen LogP contribution in [0.25, 0.3) is 10.2 Å². The molecule has 130 valence electrons. The van der Waals surface area contributed by atoms with Crippen molar-refractivity contribution in [1.29, 1.82) is 0 Å². The summed E-state index contributed by atoms with van der Waals surface area (Å²) >= 11 is 19.3. The molecule has 0 N–H and O–H groups in total. The van der Waals surface area contributed by atoms with Gasteiger partial charge in [0.15, 0.2) is 11.4 Å². The van der Waals surface area contributed by atoms with Crippen LogP contribution in [0.2, 0.25) is 15.1 Å². The number of aryl methyl sites for hydroxylation is 2. The predicted octanol–water partition coefficient (Wildman–Crippen LogP) is 5.01. The van der Waals surface area contributed by atoms with E-state index < -0.39 is 5.91 Å². The minimum Gasteiger partial charge on any atom is -0.482 e. The number of aromatic nitrogens is 1. The first-order valence-electron chi connectivity index (χ1n) is 7.26. The van der Waals surface area contributed by atoms with E-state index in [1.165, 1.54) is 11.3 Å². The van der Waals surface area contributed by atoms with Crippen LogP contribution in [0.4, 0.5) is 0 Å². The normalized spacial score (nSPS) is 12.0. The van der Waals surface area contributed by atoms with Crippen LogP contribution < -0.4 is 9.54 Å². The summed E-state index contributed by atoms with van der Waals surface area (Å²) in [4.78, 5) is 16.9. The Hall–Kier alpha value is -1.53. The average molecular weight is 416 g/mol. The molecule has 2 aromatic carbocycles. The Morgan fingerprint density at radius 3 is 2.68 bits per heavy atom. The highest BCUT2D eigenvalue weighted by Crippen LogP contribution is 2.27. The second-order valence-electron chi connectivity index (χ2n) is 5.38. The summed E-state index contributed by atoms with van der Waals surface area (Å²) in [6, 6.07) is 8.56. The maximum Gasteiger partial charge on any atom is 0.286 e. The molecule has 8 heteroatoms. The summed E-state index contributed by atoms with van der Waals surface area (Å²) in [6.07, 6.45) is 0. The number of ether oxygens (including phenoxy) is 1. The second kappa shape index (κ2) is 7.38. The summed E-state index contributed by atoms with van der Waals surface area (Å²) in [6.45, 7) is 1.76. The predicted molar refractivity (Wildman–Crippen MR) is 103 cm³/mol. The molecule has 25 heavy (non-hydrogen) atoms. The van der Waals surface area contributed by atoms with Crippen LogP contribution in [0.5, 0.6) is 5.75 Å². The Bertz CT molecular complexity index is 1040. The van der Waals surface area contributed by atoms with Gasteiger partial charge in [0.1, 0.15) is 5.75 Å². The topological polar surface area (TPSA) is 43.6 Å². The van der Waals surface area contributed by atoms with Gasteiger partial charge in [0.2, 0.25) is 0 Å². The smallest absolute Gasteiger partial charge is 0.286 e. The van der Waals surface area contributed by atoms with Gasteiger partial charge in [-0.2, -0.15) is 4.99 Å². The van der Waals surface area contributed by atoms with Gasteiger partial charge in [0.25, 0.3) is 5.91 Å². The molecule has 1 heterocycles. The van der Waals surface area contributed by atoms with E-state index in [2.05, 4.69) is 4.99 Å². The Labute approximate surface area is 163 Å². The third-order valence-electron chi connectivity index (χ3n) is 3.52. The first kappa shape index (κ1) is 18.3. The molecule has 0 atom stereocenters. The maximum absolute atomic E-state index is 12.2. The minimum atomic E-state index is -0.406. The largest absolute Gasteiger partial charge is 0.482 e. The lowest BCUT2D eigenvalue weighted by Crippen LogP contribution is -2.17. The van der Waals surface area contributed by atoms with E-state index in [1.54, 1.807) is 18.2 Å². The van der Waals surface area contributed by atoms with Crippen LogP contribution in [0.15, 0.2) is 35.3 Å². The molecule has 0 aliphatic carbocycles. The number of benzene rings is 2. The van der Waals surface area contributed by atoms with Crippen molar-refractivity contribution in [2.24, 2.45) is 12.0 Å². The van der Waals surface area contributed by atoms with Gasteiger partial charge < -0.3 is 9.30 Å². The van der Waals surface area contributed by atoms with E-state index in [0.717, 1.165) is 15.8 Å². The number of carbonyl (C=O) groups excluding carboxylic acids is 1. The van der Waals surface area contributed by atoms with Crippen molar-refractivity contribution < 1.29 is 9.53 Å². The minimum absolute atomic E-state index is 0.213. The molecule has 3 aromatic rings. The molecule has 0 bridgehead atoms. The Balaban J connectivity index is 1.85. The lowest BCUT2D eigenvalue weighted by atomic mass is 10.2. The summed E-state index contributed by atoms with van der Waals surface area (Å²) in [5, 5.41) is 1.50. The van der Waals surface area contributed by atoms with Crippen molar-refractivity contribution in [2.75, 3.05) is 6.61 Å². The lowest BCUT2D eigenvalue weighted by Gasteiger charge is -2.05. The van der Waals surface area contributed by atoms with Gasteiger partial charge >= 0.3 is 0 Å². The standard InChI is InChI=1S/C17H13Cl3N2O2S/c1-9-5-11(19)7-14-16(9)22(2)17(25-14)21-15(23)8-24-13-4-3-10(18)6-12(13)20/h3-7H,8H2,1-2H3. The molecule has 0 saturated carbocycles. The van der Waals surface area contributed by atoms with Gasteiger partial charge in [-0.25, -0.2) is 0 Å². The Morgan fingerprint density at radius 1 is 1.20 bits per heavy atom. The van der Waals surface area contributed by atoms with Gasteiger partial charge in [0, 0.05) is 17.1 Å². The van der Waals surface area contributed by atoms with Crippen molar-refractivity contribution in [3.8, 4) is 5.75 Å². The number of rotatable bonds is 3. The first-order chi connectivity index (χ1) is 11.8. The van der Waals surface area contributed by atoms with E-state index in [-0.39, 0.29) is 6.61 Å². The summed E-state index contributed by atoms with van der Waals surface area (Å²) in [5.41, 5.74) is 2.03. The van der Waals surface area contributed by atoms with Crippen molar-refractivity contribution in [2.45, 2.75) is 6.92 Å². The lowest BCUT2D eigenvalue weighted by molar-refractivity contribution is -0.120. The maximum atomic E-state index is 12.2. The van der Waals surface area contributed by atoms with E-state index in [4.69, 9.17) is 39.5 Å². The van der Waals surface area contributed by atoms with Gasteiger partial charge in [-0.15, -0.1) is 0 Å². The van der Waals surface area contributed by atoms with Crippen LogP contribution in [0, 0.1) is 6.92 Å². The number of thiazole rings is 1. The van der Waals surface area contributed by atoms with E-state index in [1.807, 2.05) is 30.7 Å². The zero-order valence-corrected chi connectivity index (χ0v) is 16.4. The number of carbonyl (C=O) groups is 1. The molecule has 1 aromatic heterocycles. The number of halogens is 3. The number of fused-ring (bicyclic) bond motifs is 1. The van der Waals surface area contributed by atoms with Crippen LogP contribution in [0.3, 0.4) is 0 Å². The van der Waals surface area contributed by atoms with Crippen LogP contribution in [-0.4, -0.2) is 17.1 Å². The summed E-state index contributed by atoms with van der Waals surface area (Å²) < 4.78 is 8.27. The van der Waals surface area contributed by atoms with Gasteiger partial charge in [-0.3, -0.25) is 4.79 Å². The fourth-order valence-corrected chi connectivity index (χ4v) is 4.40. The quantitative estimate of drug-likeness (QED) is 0.603. The van der Waals surface area contributed by atoms with Crippen molar-refractivity contribution in [3.05, 3.63) is 55.8 Å². The van der Waals surface area contributed by atoms with Gasteiger partial charge in [-0.1, -0.05) is 46.1 Å². The van der Waals surface area contributed by atoms with Crippen molar-refractivity contribution >= 4 is 62.3 Å². The van der Waals surface area contributed by atoms with E-state index >= 15 is 0 Å². The third kappa shape index (κ3) is 4.01. The SMILES string of the molecule is Cc1cc(Cl)cc2sc(=NC(=O)COc3ccc(Cl)cc3Cl)n(C)c12. The molecular weight excluding hydrogens is 403 g/mol. The molecule has 0 unspecified atom stereocenters. The fourth-order valence-electron chi connectivity index (χ4n) is 2.44.